The second-order valence-electron chi connectivity index (χ2n) is 6.41. The summed E-state index contributed by atoms with van der Waals surface area (Å²) < 4.78 is 0.734. The van der Waals surface area contributed by atoms with E-state index in [4.69, 9.17) is 11.6 Å². The van der Waals surface area contributed by atoms with Gasteiger partial charge in [0.15, 0.2) is 0 Å². The first kappa shape index (κ1) is 20.2. The molecule has 2 amide bonds. The molecule has 0 aromatic carbocycles. The summed E-state index contributed by atoms with van der Waals surface area (Å²) in [4.78, 5) is 29.3. The third kappa shape index (κ3) is 7.32. The van der Waals surface area contributed by atoms with Crippen LogP contribution in [-0.2, 0) is 16.1 Å². The van der Waals surface area contributed by atoms with Crippen LogP contribution >= 0.6 is 22.9 Å². The van der Waals surface area contributed by atoms with Crippen molar-refractivity contribution in [2.45, 2.75) is 32.9 Å². The first-order chi connectivity index (χ1) is 12.0. The van der Waals surface area contributed by atoms with E-state index in [-0.39, 0.29) is 17.9 Å². The van der Waals surface area contributed by atoms with Crippen LogP contribution in [-0.4, -0.2) is 66.9 Å². The van der Waals surface area contributed by atoms with Crippen molar-refractivity contribution in [3.63, 3.8) is 0 Å². The molecule has 1 aliphatic rings. The van der Waals surface area contributed by atoms with Gasteiger partial charge in [-0.15, -0.1) is 11.3 Å². The predicted octanol–water partition coefficient (Wildman–Crippen LogP) is 1.55. The Labute approximate surface area is 158 Å². The van der Waals surface area contributed by atoms with Crippen molar-refractivity contribution < 1.29 is 9.59 Å². The lowest BCUT2D eigenvalue weighted by Gasteiger charge is -2.34. The Kier molecular flexibility index (Phi) is 8.15. The number of hydrogen-bond acceptors (Lipinski definition) is 5. The van der Waals surface area contributed by atoms with E-state index in [0.717, 1.165) is 41.8 Å². The third-order valence-electron chi connectivity index (χ3n) is 4.31. The molecule has 0 spiro atoms. The highest BCUT2D eigenvalue weighted by Gasteiger charge is 2.20. The molecule has 8 heteroatoms. The highest BCUT2D eigenvalue weighted by molar-refractivity contribution is 7.16. The van der Waals surface area contributed by atoms with E-state index in [1.807, 2.05) is 19.1 Å². The normalized spacial score (nSPS) is 17.2. The van der Waals surface area contributed by atoms with Crippen LogP contribution in [0.1, 0.15) is 25.1 Å². The molecule has 140 valence electrons. The number of piperazine rings is 1. The van der Waals surface area contributed by atoms with Gasteiger partial charge in [0, 0.05) is 37.1 Å². The van der Waals surface area contributed by atoms with Gasteiger partial charge in [0.25, 0.3) is 0 Å². The fourth-order valence-corrected chi connectivity index (χ4v) is 3.65. The molecular formula is C17H27ClN4O2S. The van der Waals surface area contributed by atoms with Gasteiger partial charge in [0.1, 0.15) is 0 Å². The number of rotatable bonds is 8. The van der Waals surface area contributed by atoms with E-state index >= 15 is 0 Å². The Bertz CT molecular complexity index is 573. The second kappa shape index (κ2) is 10.1. The summed E-state index contributed by atoms with van der Waals surface area (Å²) in [7, 11) is 0. The summed E-state index contributed by atoms with van der Waals surface area (Å²) >= 11 is 7.36. The molecule has 1 fully saturated rings. The maximum Gasteiger partial charge on any atom is 0.234 e. The molecule has 2 N–H and O–H groups in total. The molecular weight excluding hydrogens is 360 g/mol. The lowest BCUT2D eigenvalue weighted by Crippen LogP contribution is -2.52. The maximum absolute atomic E-state index is 12.0. The average Bonchev–Trinajstić information content (AvgIpc) is 3.00. The first-order valence-corrected chi connectivity index (χ1v) is 9.90. The van der Waals surface area contributed by atoms with Crippen molar-refractivity contribution in [1.82, 2.24) is 20.4 Å². The topological polar surface area (TPSA) is 64.7 Å². The van der Waals surface area contributed by atoms with E-state index in [1.54, 1.807) is 0 Å². The van der Waals surface area contributed by atoms with E-state index in [1.165, 1.54) is 11.3 Å². The van der Waals surface area contributed by atoms with E-state index < -0.39 is 0 Å². The van der Waals surface area contributed by atoms with Gasteiger partial charge < -0.3 is 10.6 Å². The van der Waals surface area contributed by atoms with E-state index in [0.29, 0.717) is 19.6 Å². The predicted molar refractivity (Wildman–Crippen MR) is 102 cm³/mol. The van der Waals surface area contributed by atoms with Gasteiger partial charge in [-0.05, 0) is 25.5 Å². The van der Waals surface area contributed by atoms with Crippen LogP contribution in [0.25, 0.3) is 0 Å². The molecule has 1 aliphatic heterocycles. The largest absolute Gasteiger partial charge is 0.353 e. The number of nitrogens with one attached hydrogen (secondary N) is 2. The first-order valence-electron chi connectivity index (χ1n) is 8.71. The molecule has 25 heavy (non-hydrogen) atoms. The zero-order chi connectivity index (χ0) is 18.2. The number of carbonyl (C=O) groups excluding carboxylic acids is 2. The fourth-order valence-electron chi connectivity index (χ4n) is 2.62. The Hall–Kier alpha value is -1.15. The van der Waals surface area contributed by atoms with E-state index in [2.05, 4.69) is 27.4 Å². The Balaban J connectivity index is 1.62. The monoisotopic (exact) mass is 386 g/mol. The number of thiophene rings is 1. The average molecular weight is 387 g/mol. The van der Waals surface area contributed by atoms with Gasteiger partial charge in [0.05, 0.1) is 24.0 Å². The lowest BCUT2D eigenvalue weighted by atomic mass is 10.2. The third-order valence-corrected chi connectivity index (χ3v) is 5.54. The van der Waals surface area contributed by atoms with Crippen molar-refractivity contribution in [3.8, 4) is 0 Å². The van der Waals surface area contributed by atoms with Crippen LogP contribution in [0.15, 0.2) is 12.1 Å². The minimum Gasteiger partial charge on any atom is -0.353 e. The van der Waals surface area contributed by atoms with Crippen LogP contribution in [0.5, 0.6) is 0 Å². The maximum atomic E-state index is 12.0. The molecule has 1 unspecified atom stereocenters. The zero-order valence-corrected chi connectivity index (χ0v) is 16.5. The molecule has 1 saturated heterocycles. The van der Waals surface area contributed by atoms with Gasteiger partial charge in [-0.25, -0.2) is 0 Å². The Morgan fingerprint density at radius 1 is 1.16 bits per heavy atom. The highest BCUT2D eigenvalue weighted by Crippen LogP contribution is 2.20. The van der Waals surface area contributed by atoms with Crippen LogP contribution in [0.3, 0.4) is 0 Å². The van der Waals surface area contributed by atoms with Gasteiger partial charge in [-0.2, -0.15) is 0 Å². The van der Waals surface area contributed by atoms with Crippen molar-refractivity contribution in [1.29, 1.82) is 0 Å². The van der Waals surface area contributed by atoms with Gasteiger partial charge in [-0.3, -0.25) is 19.4 Å². The second-order valence-corrected chi connectivity index (χ2v) is 8.21. The Morgan fingerprint density at radius 3 is 2.28 bits per heavy atom. The molecule has 2 rings (SSSR count). The Morgan fingerprint density at radius 2 is 1.76 bits per heavy atom. The zero-order valence-electron chi connectivity index (χ0n) is 14.9. The van der Waals surface area contributed by atoms with Crippen LogP contribution < -0.4 is 10.6 Å². The molecule has 0 bridgehead atoms. The lowest BCUT2D eigenvalue weighted by molar-refractivity contribution is -0.125. The van der Waals surface area contributed by atoms with Crippen molar-refractivity contribution in [2.24, 2.45) is 0 Å². The standard InChI is InChI=1S/C17H27ClN4O2S/c1-3-13(2)20-17(24)12-22-8-6-21(7-9-22)11-16(23)19-10-14-4-5-15(18)25-14/h4-5,13H,3,6-12H2,1-2H3,(H,19,23)(H,20,24). The summed E-state index contributed by atoms with van der Waals surface area (Å²) in [6.45, 7) is 8.63. The summed E-state index contributed by atoms with van der Waals surface area (Å²) in [5.74, 6) is 0.0997. The molecule has 1 atom stereocenters. The molecule has 1 aromatic heterocycles. The summed E-state index contributed by atoms with van der Waals surface area (Å²) in [6.07, 6.45) is 0.937. The smallest absolute Gasteiger partial charge is 0.234 e. The van der Waals surface area contributed by atoms with Crippen LogP contribution in [0, 0.1) is 0 Å². The number of carbonyl (C=O) groups is 2. The summed E-state index contributed by atoms with van der Waals surface area (Å²) in [6, 6.07) is 3.98. The van der Waals surface area contributed by atoms with Crippen molar-refractivity contribution in [2.75, 3.05) is 39.3 Å². The quantitative estimate of drug-likeness (QED) is 0.711. The number of nitrogens with zero attached hydrogens (tertiary/aromatic N) is 2. The fraction of sp³-hybridized carbons (Fsp3) is 0.647. The molecule has 2 heterocycles. The minimum atomic E-state index is 0.0208. The van der Waals surface area contributed by atoms with Crippen molar-refractivity contribution in [3.05, 3.63) is 21.3 Å². The van der Waals surface area contributed by atoms with Gasteiger partial charge in [-0.1, -0.05) is 18.5 Å². The van der Waals surface area contributed by atoms with Crippen molar-refractivity contribution >= 4 is 34.8 Å². The SMILES string of the molecule is CCC(C)NC(=O)CN1CCN(CC(=O)NCc2ccc(Cl)s2)CC1. The van der Waals surface area contributed by atoms with Crippen LogP contribution in [0.2, 0.25) is 4.34 Å². The summed E-state index contributed by atoms with van der Waals surface area (Å²) in [5, 5.41) is 5.91. The highest BCUT2D eigenvalue weighted by atomic mass is 35.5. The molecule has 0 saturated carbocycles. The molecule has 1 aromatic rings. The van der Waals surface area contributed by atoms with Gasteiger partial charge >= 0.3 is 0 Å². The number of hydrogen-bond donors (Lipinski definition) is 2. The van der Waals surface area contributed by atoms with E-state index in [9.17, 15) is 9.59 Å². The van der Waals surface area contributed by atoms with Gasteiger partial charge in [0.2, 0.25) is 11.8 Å². The van der Waals surface area contributed by atoms with Crippen LogP contribution in [0.4, 0.5) is 0 Å². The number of amides is 2. The molecule has 0 aliphatic carbocycles. The number of halogens is 1. The minimum absolute atomic E-state index is 0.0208. The molecule has 0 radical (unpaired) electrons. The molecule has 6 nitrogen and oxygen atoms in total. The summed E-state index contributed by atoms with van der Waals surface area (Å²) in [5.41, 5.74) is 0.